The highest BCUT2D eigenvalue weighted by Gasteiger charge is 2.01. The number of anilines is 2. The Balaban J connectivity index is 1.92. The van der Waals surface area contributed by atoms with Gasteiger partial charge in [-0.3, -0.25) is 0 Å². The lowest BCUT2D eigenvalue weighted by Crippen LogP contribution is -2.09. The van der Waals surface area contributed by atoms with Crippen LogP contribution in [-0.4, -0.2) is 21.5 Å². The van der Waals surface area contributed by atoms with E-state index in [9.17, 15) is 0 Å². The van der Waals surface area contributed by atoms with Gasteiger partial charge in [0.25, 0.3) is 0 Å². The first-order valence-electron chi connectivity index (χ1n) is 4.96. The largest absolute Gasteiger partial charge is 0.369 e. The van der Waals surface area contributed by atoms with E-state index >= 15 is 0 Å². The summed E-state index contributed by atoms with van der Waals surface area (Å²) in [5.74, 6) is 1.09. The van der Waals surface area contributed by atoms with Crippen molar-refractivity contribution in [2.24, 2.45) is 0 Å². The molecule has 0 amide bonds. The molecule has 0 spiro atoms. The van der Waals surface area contributed by atoms with Crippen LogP contribution in [0.4, 0.5) is 11.8 Å². The molecule has 2 aromatic rings. The summed E-state index contributed by atoms with van der Waals surface area (Å²) in [6.07, 6.45) is 2.60. The summed E-state index contributed by atoms with van der Waals surface area (Å²) >= 11 is 1.61. The van der Waals surface area contributed by atoms with Crippen LogP contribution in [0, 0.1) is 6.92 Å². The summed E-state index contributed by atoms with van der Waals surface area (Å²) in [6, 6.07) is 0. The molecular weight excluding hydrogens is 222 g/mol. The van der Waals surface area contributed by atoms with E-state index in [2.05, 4.69) is 20.3 Å². The maximum Gasteiger partial charge on any atom is 0.221 e. The standard InChI is InChI=1S/C10H13N5S/c1-7-4-13-10(11)15-9(7)12-3-2-8-5-16-6-14-8/h4-6H,2-3H2,1H3,(H3,11,12,13,15). The SMILES string of the molecule is Cc1cnc(N)nc1NCCc1cscn1. The predicted octanol–water partition coefficient (Wildman–Crippen LogP) is 1.48. The Labute approximate surface area is 97.8 Å². The van der Waals surface area contributed by atoms with Crippen LogP contribution in [0.15, 0.2) is 17.1 Å². The first-order valence-corrected chi connectivity index (χ1v) is 5.90. The van der Waals surface area contributed by atoms with Crippen LogP contribution >= 0.6 is 11.3 Å². The van der Waals surface area contributed by atoms with Gasteiger partial charge in [0.05, 0.1) is 11.2 Å². The summed E-state index contributed by atoms with van der Waals surface area (Å²) < 4.78 is 0. The van der Waals surface area contributed by atoms with E-state index in [1.165, 1.54) is 0 Å². The summed E-state index contributed by atoms with van der Waals surface area (Å²) in [4.78, 5) is 12.3. The third kappa shape index (κ3) is 2.66. The molecule has 6 heteroatoms. The summed E-state index contributed by atoms with van der Waals surface area (Å²) in [5, 5.41) is 5.27. The van der Waals surface area contributed by atoms with E-state index in [1.807, 2.05) is 17.8 Å². The van der Waals surface area contributed by atoms with Crippen LogP contribution in [0.5, 0.6) is 0 Å². The van der Waals surface area contributed by atoms with Crippen molar-refractivity contribution >= 4 is 23.1 Å². The maximum absolute atomic E-state index is 5.52. The minimum atomic E-state index is 0.293. The van der Waals surface area contributed by atoms with Gasteiger partial charge in [-0.05, 0) is 6.92 Å². The number of aromatic nitrogens is 3. The maximum atomic E-state index is 5.52. The fraction of sp³-hybridized carbons (Fsp3) is 0.300. The fourth-order valence-corrected chi connectivity index (χ4v) is 1.90. The molecule has 0 atom stereocenters. The Morgan fingerprint density at radius 2 is 2.31 bits per heavy atom. The molecule has 0 unspecified atom stereocenters. The van der Waals surface area contributed by atoms with Crippen molar-refractivity contribution in [3.05, 3.63) is 28.3 Å². The first kappa shape index (κ1) is 10.8. The van der Waals surface area contributed by atoms with Gasteiger partial charge < -0.3 is 11.1 Å². The van der Waals surface area contributed by atoms with Crippen LogP contribution in [0.3, 0.4) is 0 Å². The number of nitrogens with zero attached hydrogens (tertiary/aromatic N) is 3. The van der Waals surface area contributed by atoms with E-state index < -0.39 is 0 Å². The Hall–Kier alpha value is -1.69. The molecule has 0 saturated heterocycles. The summed E-state index contributed by atoms with van der Waals surface area (Å²) in [7, 11) is 0. The average molecular weight is 235 g/mol. The third-order valence-electron chi connectivity index (χ3n) is 2.15. The molecule has 16 heavy (non-hydrogen) atoms. The number of aryl methyl sites for hydroxylation is 1. The molecule has 2 rings (SSSR count). The molecule has 0 fully saturated rings. The van der Waals surface area contributed by atoms with Gasteiger partial charge in [0.2, 0.25) is 5.95 Å². The molecule has 0 aromatic carbocycles. The molecule has 2 heterocycles. The van der Waals surface area contributed by atoms with Gasteiger partial charge in [-0.15, -0.1) is 11.3 Å². The molecule has 3 N–H and O–H groups in total. The number of thiazole rings is 1. The third-order valence-corrected chi connectivity index (χ3v) is 2.78. The number of rotatable bonds is 4. The molecule has 0 radical (unpaired) electrons. The van der Waals surface area contributed by atoms with Crippen LogP contribution in [0.1, 0.15) is 11.3 Å². The highest BCUT2D eigenvalue weighted by molar-refractivity contribution is 7.07. The molecular formula is C10H13N5S. The number of hydrogen-bond donors (Lipinski definition) is 2. The summed E-state index contributed by atoms with van der Waals surface area (Å²) in [6.45, 7) is 2.74. The van der Waals surface area contributed by atoms with Gasteiger partial charge >= 0.3 is 0 Å². The minimum Gasteiger partial charge on any atom is -0.369 e. The van der Waals surface area contributed by atoms with E-state index in [-0.39, 0.29) is 0 Å². The van der Waals surface area contributed by atoms with Crippen molar-refractivity contribution < 1.29 is 0 Å². The second-order valence-electron chi connectivity index (χ2n) is 3.42. The van der Waals surface area contributed by atoms with Crippen molar-refractivity contribution in [3.8, 4) is 0 Å². The zero-order valence-electron chi connectivity index (χ0n) is 8.97. The fourth-order valence-electron chi connectivity index (χ4n) is 1.30. The normalized spacial score (nSPS) is 10.3. The average Bonchev–Trinajstić information content (AvgIpc) is 2.76. The van der Waals surface area contributed by atoms with Gasteiger partial charge in [-0.1, -0.05) is 0 Å². The molecule has 2 aromatic heterocycles. The number of nitrogens with one attached hydrogen (secondary N) is 1. The zero-order chi connectivity index (χ0) is 11.4. The lowest BCUT2D eigenvalue weighted by atomic mass is 10.3. The zero-order valence-corrected chi connectivity index (χ0v) is 9.79. The Kier molecular flexibility index (Phi) is 3.31. The molecule has 0 aliphatic carbocycles. The lowest BCUT2D eigenvalue weighted by Gasteiger charge is -2.07. The van der Waals surface area contributed by atoms with Crippen molar-refractivity contribution in [2.75, 3.05) is 17.6 Å². The van der Waals surface area contributed by atoms with E-state index in [1.54, 1.807) is 17.5 Å². The van der Waals surface area contributed by atoms with E-state index in [0.29, 0.717) is 5.95 Å². The van der Waals surface area contributed by atoms with Crippen LogP contribution in [-0.2, 0) is 6.42 Å². The molecule has 0 saturated carbocycles. The second kappa shape index (κ2) is 4.89. The van der Waals surface area contributed by atoms with E-state index in [4.69, 9.17) is 5.73 Å². The Bertz CT molecular complexity index is 454. The monoisotopic (exact) mass is 235 g/mol. The first-order chi connectivity index (χ1) is 7.75. The molecule has 5 nitrogen and oxygen atoms in total. The van der Waals surface area contributed by atoms with Crippen molar-refractivity contribution in [2.45, 2.75) is 13.3 Å². The second-order valence-corrected chi connectivity index (χ2v) is 4.14. The number of nitrogen functional groups attached to an aromatic ring is 1. The molecule has 84 valence electrons. The molecule has 0 aliphatic rings. The number of hydrogen-bond acceptors (Lipinski definition) is 6. The molecule has 0 bridgehead atoms. The lowest BCUT2D eigenvalue weighted by molar-refractivity contribution is 0.961. The van der Waals surface area contributed by atoms with Gasteiger partial charge in [0.1, 0.15) is 5.82 Å². The van der Waals surface area contributed by atoms with Crippen molar-refractivity contribution in [1.29, 1.82) is 0 Å². The van der Waals surface area contributed by atoms with Gasteiger partial charge in [-0.25, -0.2) is 9.97 Å². The van der Waals surface area contributed by atoms with Crippen LogP contribution in [0.25, 0.3) is 0 Å². The van der Waals surface area contributed by atoms with Gasteiger partial charge in [0, 0.05) is 30.1 Å². The highest BCUT2D eigenvalue weighted by Crippen LogP contribution is 2.11. The quantitative estimate of drug-likeness (QED) is 0.839. The predicted molar refractivity (Wildman–Crippen MR) is 65.5 cm³/mol. The Morgan fingerprint density at radius 3 is 3.06 bits per heavy atom. The van der Waals surface area contributed by atoms with Gasteiger partial charge in [0.15, 0.2) is 0 Å². The smallest absolute Gasteiger partial charge is 0.221 e. The highest BCUT2D eigenvalue weighted by atomic mass is 32.1. The van der Waals surface area contributed by atoms with Crippen LogP contribution < -0.4 is 11.1 Å². The molecule has 0 aliphatic heterocycles. The van der Waals surface area contributed by atoms with Crippen molar-refractivity contribution in [1.82, 2.24) is 15.0 Å². The van der Waals surface area contributed by atoms with Crippen molar-refractivity contribution in [3.63, 3.8) is 0 Å². The van der Waals surface area contributed by atoms with Gasteiger partial charge in [-0.2, -0.15) is 4.98 Å². The number of nitrogens with two attached hydrogens (primary N) is 1. The van der Waals surface area contributed by atoms with Crippen LogP contribution in [0.2, 0.25) is 0 Å². The Morgan fingerprint density at radius 1 is 1.44 bits per heavy atom. The minimum absolute atomic E-state index is 0.293. The van der Waals surface area contributed by atoms with E-state index in [0.717, 1.165) is 30.0 Å². The summed E-state index contributed by atoms with van der Waals surface area (Å²) in [5.41, 5.74) is 9.45. The topological polar surface area (TPSA) is 76.7 Å².